The van der Waals surface area contributed by atoms with E-state index in [1.807, 2.05) is 30.3 Å². The first kappa shape index (κ1) is 27.3. The molecule has 0 fully saturated rings. The molecule has 5 aromatic rings. The summed E-state index contributed by atoms with van der Waals surface area (Å²) in [6, 6.07) is 29.2. The maximum Gasteiger partial charge on any atom is 0.261 e. The molecule has 202 valence electrons. The van der Waals surface area contributed by atoms with Crippen LogP contribution >= 0.6 is 23.2 Å². The van der Waals surface area contributed by atoms with E-state index >= 15 is 0 Å². The van der Waals surface area contributed by atoms with Crippen molar-refractivity contribution in [1.82, 2.24) is 5.32 Å². The average Bonchev–Trinajstić information content (AvgIpc) is 3.49. The molecule has 1 atom stereocenters. The number of sulfonamides is 1. The van der Waals surface area contributed by atoms with Crippen LogP contribution in [0.5, 0.6) is 11.5 Å². The van der Waals surface area contributed by atoms with E-state index in [0.29, 0.717) is 22.3 Å². The Bertz CT molecular complexity index is 1730. The van der Waals surface area contributed by atoms with Crippen LogP contribution in [0.2, 0.25) is 10.0 Å². The highest BCUT2D eigenvalue weighted by Crippen LogP contribution is 2.31. The SMILES string of the molecule is O=C(N[C@H](c1ccccc1)c1ccco1)c1cc(Cl)ccc1NS(=O)(=O)c1ccc(Oc2ccccc2Cl)cc1. The number of amides is 1. The number of benzene rings is 4. The molecular weight excluding hydrogens is 571 g/mol. The van der Waals surface area contributed by atoms with Crippen LogP contribution in [-0.2, 0) is 10.0 Å². The molecule has 1 amide bonds. The Balaban J connectivity index is 1.38. The van der Waals surface area contributed by atoms with Gasteiger partial charge in [-0.25, -0.2) is 8.42 Å². The van der Waals surface area contributed by atoms with Gasteiger partial charge in [0.2, 0.25) is 0 Å². The Kier molecular flexibility index (Phi) is 8.11. The van der Waals surface area contributed by atoms with Gasteiger partial charge < -0.3 is 14.5 Å². The molecular formula is C30H22Cl2N2O5S. The molecule has 0 aliphatic heterocycles. The highest BCUT2D eigenvalue weighted by molar-refractivity contribution is 7.92. The quantitative estimate of drug-likeness (QED) is 0.183. The fourth-order valence-corrected chi connectivity index (χ4v) is 5.39. The Labute approximate surface area is 241 Å². The number of carbonyl (C=O) groups is 1. The van der Waals surface area contributed by atoms with Gasteiger partial charge >= 0.3 is 0 Å². The number of anilines is 1. The summed E-state index contributed by atoms with van der Waals surface area (Å²) < 4.78 is 40.3. The van der Waals surface area contributed by atoms with Gasteiger partial charge in [0.15, 0.2) is 0 Å². The number of carbonyl (C=O) groups excluding carboxylic acids is 1. The molecule has 5 rings (SSSR count). The Morgan fingerprint density at radius 1 is 0.825 bits per heavy atom. The molecule has 2 N–H and O–H groups in total. The zero-order valence-corrected chi connectivity index (χ0v) is 23.1. The minimum Gasteiger partial charge on any atom is -0.467 e. The molecule has 0 radical (unpaired) electrons. The highest BCUT2D eigenvalue weighted by Gasteiger charge is 2.24. The summed E-state index contributed by atoms with van der Waals surface area (Å²) in [7, 11) is -4.08. The number of halogens is 2. The number of para-hydroxylation sites is 1. The number of ether oxygens (including phenoxy) is 1. The van der Waals surface area contributed by atoms with Crippen LogP contribution in [0.4, 0.5) is 5.69 Å². The minimum absolute atomic E-state index is 0.0296. The van der Waals surface area contributed by atoms with Crippen molar-refractivity contribution in [3.63, 3.8) is 0 Å². The summed E-state index contributed by atoms with van der Waals surface area (Å²) >= 11 is 12.3. The molecule has 0 unspecified atom stereocenters. The van der Waals surface area contributed by atoms with E-state index < -0.39 is 22.0 Å². The molecule has 0 saturated carbocycles. The first-order valence-electron chi connectivity index (χ1n) is 12.0. The molecule has 0 spiro atoms. The molecule has 7 nitrogen and oxygen atoms in total. The summed E-state index contributed by atoms with van der Waals surface area (Å²) in [5, 5.41) is 3.62. The van der Waals surface area contributed by atoms with Gasteiger partial charge in [-0.3, -0.25) is 9.52 Å². The largest absolute Gasteiger partial charge is 0.467 e. The van der Waals surface area contributed by atoms with Gasteiger partial charge in [0.1, 0.15) is 23.3 Å². The van der Waals surface area contributed by atoms with Gasteiger partial charge in [-0.05, 0) is 72.3 Å². The smallest absolute Gasteiger partial charge is 0.261 e. The molecule has 1 aromatic heterocycles. The second-order valence-corrected chi connectivity index (χ2v) is 11.2. The van der Waals surface area contributed by atoms with Gasteiger partial charge in [0, 0.05) is 5.02 Å². The fourth-order valence-electron chi connectivity index (χ4n) is 3.97. The number of hydrogen-bond donors (Lipinski definition) is 2. The zero-order chi connectivity index (χ0) is 28.1. The van der Waals surface area contributed by atoms with Gasteiger partial charge in [-0.15, -0.1) is 0 Å². The van der Waals surface area contributed by atoms with Crippen molar-refractivity contribution in [3.05, 3.63) is 142 Å². The third-order valence-corrected chi connectivity index (χ3v) is 7.83. The van der Waals surface area contributed by atoms with Crippen molar-refractivity contribution in [2.24, 2.45) is 0 Å². The predicted octanol–water partition coefficient (Wildman–Crippen LogP) is 7.70. The number of furan rings is 1. The van der Waals surface area contributed by atoms with Crippen LogP contribution in [0.25, 0.3) is 0 Å². The second kappa shape index (κ2) is 11.9. The van der Waals surface area contributed by atoms with E-state index in [4.69, 9.17) is 32.4 Å². The second-order valence-electron chi connectivity index (χ2n) is 8.63. The molecule has 10 heteroatoms. The predicted molar refractivity (Wildman–Crippen MR) is 155 cm³/mol. The maximum absolute atomic E-state index is 13.5. The highest BCUT2D eigenvalue weighted by atomic mass is 35.5. The lowest BCUT2D eigenvalue weighted by molar-refractivity contribution is 0.0940. The van der Waals surface area contributed by atoms with Crippen LogP contribution in [0.15, 0.2) is 125 Å². The van der Waals surface area contributed by atoms with Crippen molar-refractivity contribution >= 4 is 44.8 Å². The molecule has 40 heavy (non-hydrogen) atoms. The summed E-state index contributed by atoms with van der Waals surface area (Å²) in [5.41, 5.74) is 0.890. The van der Waals surface area contributed by atoms with Gasteiger partial charge in [0.25, 0.3) is 15.9 Å². The van der Waals surface area contributed by atoms with Crippen LogP contribution in [0, 0.1) is 0 Å². The van der Waals surface area contributed by atoms with Crippen molar-refractivity contribution < 1.29 is 22.4 Å². The Morgan fingerprint density at radius 2 is 1.55 bits per heavy atom. The number of hydrogen-bond acceptors (Lipinski definition) is 5. The maximum atomic E-state index is 13.5. The lowest BCUT2D eigenvalue weighted by atomic mass is 10.0. The average molecular weight is 593 g/mol. The summed E-state index contributed by atoms with van der Waals surface area (Å²) in [5.74, 6) is 0.818. The molecule has 0 aliphatic carbocycles. The zero-order valence-electron chi connectivity index (χ0n) is 20.8. The summed E-state index contributed by atoms with van der Waals surface area (Å²) in [4.78, 5) is 13.5. The fraction of sp³-hybridized carbons (Fsp3) is 0.0333. The summed E-state index contributed by atoms with van der Waals surface area (Å²) in [6.07, 6.45) is 1.52. The van der Waals surface area contributed by atoms with Crippen LogP contribution in [0.3, 0.4) is 0 Å². The van der Waals surface area contributed by atoms with E-state index in [-0.39, 0.29) is 21.2 Å². The van der Waals surface area contributed by atoms with E-state index in [1.54, 1.807) is 36.4 Å². The van der Waals surface area contributed by atoms with Gasteiger partial charge in [0.05, 0.1) is 27.4 Å². The normalized spacial score (nSPS) is 11.9. The standard InChI is InChI=1S/C30H22Cl2N2O5S/c31-21-12-17-26(24(19-21)30(35)33-29(28-11-6-18-38-28)20-7-2-1-3-8-20)34-40(36,37)23-15-13-22(14-16-23)39-27-10-5-4-9-25(27)32/h1-19,29,34H,(H,33,35)/t29-/m1/s1. The van der Waals surface area contributed by atoms with Crippen molar-refractivity contribution in [1.29, 1.82) is 0 Å². The monoisotopic (exact) mass is 592 g/mol. The minimum atomic E-state index is -4.08. The Morgan fingerprint density at radius 3 is 2.25 bits per heavy atom. The third-order valence-electron chi connectivity index (χ3n) is 5.91. The van der Waals surface area contributed by atoms with E-state index in [1.165, 1.54) is 48.7 Å². The van der Waals surface area contributed by atoms with Crippen LogP contribution < -0.4 is 14.8 Å². The van der Waals surface area contributed by atoms with Crippen molar-refractivity contribution in [2.45, 2.75) is 10.9 Å². The van der Waals surface area contributed by atoms with Gasteiger partial charge in [-0.1, -0.05) is 65.7 Å². The summed E-state index contributed by atoms with van der Waals surface area (Å²) in [6.45, 7) is 0. The molecule has 4 aromatic carbocycles. The van der Waals surface area contributed by atoms with Crippen molar-refractivity contribution in [2.75, 3.05) is 4.72 Å². The first-order chi connectivity index (χ1) is 19.3. The van der Waals surface area contributed by atoms with Crippen LogP contribution in [-0.4, -0.2) is 14.3 Å². The van der Waals surface area contributed by atoms with E-state index in [0.717, 1.165) is 5.56 Å². The topological polar surface area (TPSA) is 97.6 Å². The molecule has 0 saturated heterocycles. The number of nitrogens with one attached hydrogen (secondary N) is 2. The third kappa shape index (κ3) is 6.31. The van der Waals surface area contributed by atoms with E-state index in [2.05, 4.69) is 10.0 Å². The number of rotatable bonds is 9. The Hall–Kier alpha value is -4.24. The first-order valence-corrected chi connectivity index (χ1v) is 14.3. The van der Waals surface area contributed by atoms with Crippen molar-refractivity contribution in [3.8, 4) is 11.5 Å². The lowest BCUT2D eigenvalue weighted by Gasteiger charge is -2.19. The van der Waals surface area contributed by atoms with Gasteiger partial charge in [-0.2, -0.15) is 0 Å². The molecule has 0 aliphatic rings. The molecule has 0 bridgehead atoms. The van der Waals surface area contributed by atoms with Crippen LogP contribution in [0.1, 0.15) is 27.7 Å². The lowest BCUT2D eigenvalue weighted by Crippen LogP contribution is -2.30. The van der Waals surface area contributed by atoms with E-state index in [9.17, 15) is 13.2 Å². The molecule has 1 heterocycles.